The molecule has 0 atom stereocenters. The Morgan fingerprint density at radius 2 is 1.85 bits per heavy atom. The average Bonchev–Trinajstić information content (AvgIpc) is 2.90. The number of carboxylic acids is 1. The Labute approximate surface area is 162 Å². The van der Waals surface area contributed by atoms with Crippen LogP contribution in [-0.4, -0.2) is 22.7 Å². The third-order valence-corrected chi connectivity index (χ3v) is 4.73. The molecular formula is C21H19ClN2O3. The standard InChI is InChI=1S/C21H19ClN2O3/c1-12(2)15-6-4-14(5-7-15)10-17-13(3)23-24(20(17)25)16-8-9-19(22)18(11-16)21(26)27/h4-12H,1-3H3,(H,26,27). The Bertz CT molecular complexity index is 975. The molecule has 138 valence electrons. The molecule has 27 heavy (non-hydrogen) atoms. The van der Waals surface area contributed by atoms with Crippen molar-refractivity contribution in [3.05, 3.63) is 69.8 Å². The van der Waals surface area contributed by atoms with Gasteiger partial charge in [-0.15, -0.1) is 0 Å². The highest BCUT2D eigenvalue weighted by atomic mass is 35.5. The van der Waals surface area contributed by atoms with Crippen LogP contribution in [0.2, 0.25) is 5.02 Å². The van der Waals surface area contributed by atoms with E-state index >= 15 is 0 Å². The molecule has 0 saturated heterocycles. The molecule has 0 fully saturated rings. The number of carbonyl (C=O) groups excluding carboxylic acids is 1. The van der Waals surface area contributed by atoms with Crippen molar-refractivity contribution < 1.29 is 14.7 Å². The van der Waals surface area contributed by atoms with Gasteiger partial charge in [-0.1, -0.05) is 49.7 Å². The van der Waals surface area contributed by atoms with Crippen LogP contribution >= 0.6 is 11.6 Å². The van der Waals surface area contributed by atoms with Crippen molar-refractivity contribution in [2.75, 3.05) is 5.01 Å². The quantitative estimate of drug-likeness (QED) is 0.759. The topological polar surface area (TPSA) is 70.0 Å². The lowest BCUT2D eigenvalue weighted by Crippen LogP contribution is -2.21. The second-order valence-electron chi connectivity index (χ2n) is 6.65. The molecule has 1 amide bonds. The Balaban J connectivity index is 1.92. The van der Waals surface area contributed by atoms with E-state index in [0.717, 1.165) is 5.56 Å². The van der Waals surface area contributed by atoms with Crippen LogP contribution in [0.1, 0.15) is 48.2 Å². The minimum absolute atomic E-state index is 0.0727. The summed E-state index contributed by atoms with van der Waals surface area (Å²) in [4.78, 5) is 24.1. The number of hydrogen-bond acceptors (Lipinski definition) is 3. The van der Waals surface area contributed by atoms with E-state index in [2.05, 4.69) is 18.9 Å². The van der Waals surface area contributed by atoms with Crippen LogP contribution in [0.3, 0.4) is 0 Å². The molecule has 5 nitrogen and oxygen atoms in total. The zero-order valence-corrected chi connectivity index (χ0v) is 16.0. The summed E-state index contributed by atoms with van der Waals surface area (Å²) in [5, 5.41) is 14.8. The molecule has 2 aromatic carbocycles. The van der Waals surface area contributed by atoms with E-state index in [0.29, 0.717) is 22.9 Å². The third-order valence-electron chi connectivity index (χ3n) is 4.40. The van der Waals surface area contributed by atoms with Crippen LogP contribution in [0.4, 0.5) is 5.69 Å². The van der Waals surface area contributed by atoms with Gasteiger partial charge in [0.05, 0.1) is 27.6 Å². The fraction of sp³-hybridized carbons (Fsp3) is 0.190. The highest BCUT2D eigenvalue weighted by Crippen LogP contribution is 2.29. The second-order valence-corrected chi connectivity index (χ2v) is 7.06. The van der Waals surface area contributed by atoms with Gasteiger partial charge in [-0.25, -0.2) is 4.79 Å². The molecule has 0 unspecified atom stereocenters. The second kappa shape index (κ2) is 7.37. The van der Waals surface area contributed by atoms with Gasteiger partial charge in [0.2, 0.25) is 0 Å². The maximum absolute atomic E-state index is 12.8. The molecular weight excluding hydrogens is 364 g/mol. The maximum Gasteiger partial charge on any atom is 0.337 e. The average molecular weight is 383 g/mol. The van der Waals surface area contributed by atoms with E-state index < -0.39 is 5.97 Å². The van der Waals surface area contributed by atoms with Crippen LogP contribution in [0.5, 0.6) is 0 Å². The first-order valence-electron chi connectivity index (χ1n) is 8.52. The van der Waals surface area contributed by atoms with Crippen LogP contribution in [0.25, 0.3) is 6.08 Å². The van der Waals surface area contributed by atoms with Crippen molar-refractivity contribution in [1.29, 1.82) is 0 Å². The summed E-state index contributed by atoms with van der Waals surface area (Å²) in [5.74, 6) is -1.03. The fourth-order valence-electron chi connectivity index (χ4n) is 2.81. The van der Waals surface area contributed by atoms with Crippen molar-refractivity contribution in [2.45, 2.75) is 26.7 Å². The summed E-state index contributed by atoms with van der Waals surface area (Å²) in [6, 6.07) is 12.4. The molecule has 2 aromatic rings. The minimum Gasteiger partial charge on any atom is -0.478 e. The Hall–Kier alpha value is -2.92. The first-order valence-corrected chi connectivity index (χ1v) is 8.90. The summed E-state index contributed by atoms with van der Waals surface area (Å²) >= 11 is 5.90. The largest absolute Gasteiger partial charge is 0.478 e. The zero-order chi connectivity index (χ0) is 19.7. The number of rotatable bonds is 4. The Morgan fingerprint density at radius 1 is 1.19 bits per heavy atom. The van der Waals surface area contributed by atoms with Crippen molar-refractivity contribution in [1.82, 2.24) is 0 Å². The predicted octanol–water partition coefficient (Wildman–Crippen LogP) is 4.97. The minimum atomic E-state index is -1.16. The number of aromatic carboxylic acids is 1. The molecule has 1 N–H and O–H groups in total. The van der Waals surface area contributed by atoms with Gasteiger partial charge in [0.25, 0.3) is 5.91 Å². The van der Waals surface area contributed by atoms with Gasteiger partial charge in [-0.05, 0) is 48.2 Å². The molecule has 6 heteroatoms. The highest BCUT2D eigenvalue weighted by molar-refractivity contribution is 6.34. The summed E-state index contributed by atoms with van der Waals surface area (Å²) in [7, 11) is 0. The lowest BCUT2D eigenvalue weighted by molar-refractivity contribution is -0.114. The van der Waals surface area contributed by atoms with E-state index in [-0.39, 0.29) is 16.5 Å². The summed E-state index contributed by atoms with van der Waals surface area (Å²) in [5.41, 5.74) is 3.46. The lowest BCUT2D eigenvalue weighted by atomic mass is 10.0. The van der Waals surface area contributed by atoms with Gasteiger partial charge >= 0.3 is 5.97 Å². The summed E-state index contributed by atoms with van der Waals surface area (Å²) < 4.78 is 0. The van der Waals surface area contributed by atoms with Gasteiger partial charge in [0, 0.05) is 0 Å². The molecule has 0 bridgehead atoms. The monoisotopic (exact) mass is 382 g/mol. The number of anilines is 1. The highest BCUT2D eigenvalue weighted by Gasteiger charge is 2.29. The molecule has 1 aliphatic rings. The predicted molar refractivity (Wildman–Crippen MR) is 108 cm³/mol. The smallest absolute Gasteiger partial charge is 0.337 e. The number of hydrogen-bond donors (Lipinski definition) is 1. The van der Waals surface area contributed by atoms with E-state index in [1.54, 1.807) is 19.1 Å². The summed E-state index contributed by atoms with van der Waals surface area (Å²) in [6.07, 6.45) is 1.79. The first kappa shape index (κ1) is 18.9. The number of amides is 1. The Kier molecular flexibility index (Phi) is 5.15. The molecule has 0 spiro atoms. The molecule has 1 aliphatic heterocycles. The van der Waals surface area contributed by atoms with Gasteiger partial charge in [-0.3, -0.25) is 4.79 Å². The molecule has 1 heterocycles. The van der Waals surface area contributed by atoms with Crippen LogP contribution in [-0.2, 0) is 4.79 Å². The molecule has 0 aromatic heterocycles. The molecule has 3 rings (SSSR count). The van der Waals surface area contributed by atoms with Crippen LogP contribution in [0.15, 0.2) is 53.1 Å². The molecule has 0 radical (unpaired) electrons. The van der Waals surface area contributed by atoms with E-state index in [9.17, 15) is 14.7 Å². The third kappa shape index (κ3) is 3.78. The SMILES string of the molecule is CC1=NN(c2ccc(Cl)c(C(=O)O)c2)C(=O)C1=Cc1ccc(C(C)C)cc1. The van der Waals surface area contributed by atoms with Crippen molar-refractivity contribution >= 4 is 41.0 Å². The molecule has 0 aliphatic carbocycles. The van der Waals surface area contributed by atoms with Gasteiger partial charge in [0.1, 0.15) is 0 Å². The summed E-state index contributed by atoms with van der Waals surface area (Å²) in [6.45, 7) is 6.00. The van der Waals surface area contributed by atoms with Crippen molar-refractivity contribution in [3.63, 3.8) is 0 Å². The number of hydrazone groups is 1. The Morgan fingerprint density at radius 3 is 2.44 bits per heavy atom. The lowest BCUT2D eigenvalue weighted by Gasteiger charge is -2.13. The van der Waals surface area contributed by atoms with Gasteiger partial charge in [0.15, 0.2) is 0 Å². The van der Waals surface area contributed by atoms with Crippen molar-refractivity contribution in [2.24, 2.45) is 5.10 Å². The maximum atomic E-state index is 12.8. The number of nitrogens with zero attached hydrogens (tertiary/aromatic N) is 2. The molecule has 0 saturated carbocycles. The number of carboxylic acid groups (broad SMARTS) is 1. The number of halogens is 1. The number of benzene rings is 2. The zero-order valence-electron chi connectivity index (χ0n) is 15.2. The van der Waals surface area contributed by atoms with Crippen LogP contribution in [0, 0.1) is 0 Å². The van der Waals surface area contributed by atoms with Gasteiger partial charge in [-0.2, -0.15) is 10.1 Å². The van der Waals surface area contributed by atoms with E-state index in [1.807, 2.05) is 24.3 Å². The first-order chi connectivity index (χ1) is 12.8. The van der Waals surface area contributed by atoms with Crippen LogP contribution < -0.4 is 5.01 Å². The van der Waals surface area contributed by atoms with Crippen molar-refractivity contribution in [3.8, 4) is 0 Å². The van der Waals surface area contributed by atoms with E-state index in [4.69, 9.17) is 11.6 Å². The number of carbonyl (C=O) groups is 2. The van der Waals surface area contributed by atoms with Gasteiger partial charge < -0.3 is 5.11 Å². The fourth-order valence-corrected chi connectivity index (χ4v) is 3.01. The normalized spacial score (nSPS) is 15.6. The van der Waals surface area contributed by atoms with E-state index in [1.165, 1.54) is 22.7 Å².